The van der Waals surface area contributed by atoms with E-state index in [0.29, 0.717) is 22.2 Å². The minimum Gasteiger partial charge on any atom is -0.349 e. The van der Waals surface area contributed by atoms with Gasteiger partial charge >= 0.3 is 5.69 Å². The van der Waals surface area contributed by atoms with Gasteiger partial charge in [0, 0.05) is 31.2 Å². The van der Waals surface area contributed by atoms with Gasteiger partial charge in [0.05, 0.1) is 16.6 Å². The summed E-state index contributed by atoms with van der Waals surface area (Å²) in [5.41, 5.74) is 1.62. The molecule has 1 saturated heterocycles. The number of hydrogen-bond acceptors (Lipinski definition) is 4. The van der Waals surface area contributed by atoms with Crippen LogP contribution in [0, 0.1) is 0 Å². The number of carbonyl (C=O) groups excluding carboxylic acids is 1. The van der Waals surface area contributed by atoms with E-state index in [4.69, 9.17) is 0 Å². The lowest BCUT2D eigenvalue weighted by Crippen LogP contribution is -2.44. The number of benzene rings is 3. The fraction of sp³-hybridized carbons (Fsp3) is 0.222. The van der Waals surface area contributed by atoms with Crippen LogP contribution in [0.1, 0.15) is 28.8 Å². The highest BCUT2D eigenvalue weighted by atomic mass is 16.2. The summed E-state index contributed by atoms with van der Waals surface area (Å²) in [6.45, 7) is 2.76. The maximum absolute atomic E-state index is 12.9. The van der Waals surface area contributed by atoms with Crippen molar-refractivity contribution in [2.24, 2.45) is 0 Å². The monoisotopic (exact) mass is 454 g/mol. The quantitative estimate of drug-likeness (QED) is 0.485. The van der Waals surface area contributed by atoms with Crippen LogP contribution in [0.3, 0.4) is 0 Å². The molecule has 0 saturated carbocycles. The Bertz CT molecular complexity index is 1420. The molecule has 3 aromatic carbocycles. The van der Waals surface area contributed by atoms with Crippen LogP contribution >= 0.6 is 0 Å². The van der Waals surface area contributed by atoms with E-state index in [2.05, 4.69) is 39.5 Å². The molecule has 2 heterocycles. The van der Waals surface area contributed by atoms with E-state index in [0.717, 1.165) is 37.0 Å². The van der Waals surface area contributed by atoms with Crippen molar-refractivity contribution in [3.05, 3.63) is 111 Å². The zero-order valence-electron chi connectivity index (χ0n) is 18.7. The third kappa shape index (κ3) is 4.56. The Kier molecular flexibility index (Phi) is 6.10. The van der Waals surface area contributed by atoms with Crippen molar-refractivity contribution in [2.45, 2.75) is 25.4 Å². The number of aromatic amines is 1. The summed E-state index contributed by atoms with van der Waals surface area (Å²) < 4.78 is 1.10. The van der Waals surface area contributed by atoms with Crippen LogP contribution in [0.2, 0.25) is 0 Å². The molecule has 172 valence electrons. The molecule has 5 rings (SSSR count). The molecule has 2 N–H and O–H groups in total. The Morgan fingerprint density at radius 1 is 0.912 bits per heavy atom. The Morgan fingerprint density at radius 2 is 1.59 bits per heavy atom. The molecule has 1 amide bonds. The number of piperidine rings is 1. The van der Waals surface area contributed by atoms with Crippen molar-refractivity contribution in [1.29, 1.82) is 0 Å². The number of amides is 1. The van der Waals surface area contributed by atoms with Crippen LogP contribution in [-0.4, -0.2) is 39.5 Å². The van der Waals surface area contributed by atoms with Gasteiger partial charge in [0.1, 0.15) is 0 Å². The fourth-order valence-electron chi connectivity index (χ4n) is 4.52. The molecule has 0 radical (unpaired) electrons. The van der Waals surface area contributed by atoms with Gasteiger partial charge in [-0.1, -0.05) is 48.5 Å². The number of rotatable bonds is 5. The minimum atomic E-state index is -0.535. The van der Waals surface area contributed by atoms with E-state index >= 15 is 0 Å². The van der Waals surface area contributed by atoms with Gasteiger partial charge < -0.3 is 10.3 Å². The second-order valence-corrected chi connectivity index (χ2v) is 8.68. The number of carbonyl (C=O) groups is 1. The Balaban J connectivity index is 1.28. The summed E-state index contributed by atoms with van der Waals surface area (Å²) >= 11 is 0. The number of likely N-dealkylation sites (tertiary alicyclic amines) is 1. The minimum absolute atomic E-state index is 0.0975. The number of H-pyrrole nitrogens is 1. The van der Waals surface area contributed by atoms with E-state index in [1.807, 2.05) is 12.1 Å². The largest absolute Gasteiger partial charge is 0.349 e. The molecule has 1 aliphatic rings. The molecule has 7 nitrogen and oxygen atoms in total. The zero-order chi connectivity index (χ0) is 23.5. The molecule has 0 atom stereocenters. The van der Waals surface area contributed by atoms with Crippen LogP contribution in [0.5, 0.6) is 0 Å². The molecule has 0 spiro atoms. The second-order valence-electron chi connectivity index (χ2n) is 8.68. The first-order chi connectivity index (χ1) is 16.6. The summed E-state index contributed by atoms with van der Waals surface area (Å²) in [7, 11) is 0. The maximum atomic E-state index is 12.9. The average molecular weight is 455 g/mol. The number of hydrogen-bond donors (Lipinski definition) is 2. The molecule has 7 heteroatoms. The summed E-state index contributed by atoms with van der Waals surface area (Å²) in [5.74, 6) is -0.198. The predicted molar refractivity (Wildman–Crippen MR) is 132 cm³/mol. The normalized spacial score (nSPS) is 14.8. The maximum Gasteiger partial charge on any atom is 0.333 e. The number of nitrogens with zero attached hydrogens (tertiary/aromatic N) is 2. The SMILES string of the molecule is O=C(NC1CCN(Cc2ccccc2)CC1)c1ccc2c(=O)n(-c3ccccc3)c(=O)[nH]c2c1. The third-order valence-corrected chi connectivity index (χ3v) is 6.35. The first-order valence-electron chi connectivity index (χ1n) is 11.5. The van der Waals surface area contributed by atoms with Crippen molar-refractivity contribution in [3.63, 3.8) is 0 Å². The van der Waals surface area contributed by atoms with E-state index in [-0.39, 0.29) is 11.9 Å². The molecule has 0 unspecified atom stereocenters. The summed E-state index contributed by atoms with van der Waals surface area (Å²) in [5, 5.41) is 3.47. The summed E-state index contributed by atoms with van der Waals surface area (Å²) in [6.07, 6.45) is 1.76. The molecule has 1 aliphatic heterocycles. The predicted octanol–water partition coefficient (Wildman–Crippen LogP) is 3.07. The van der Waals surface area contributed by atoms with Gasteiger partial charge in [-0.15, -0.1) is 0 Å². The fourth-order valence-corrected chi connectivity index (χ4v) is 4.52. The van der Waals surface area contributed by atoms with Crippen LogP contribution in [0.4, 0.5) is 0 Å². The van der Waals surface area contributed by atoms with E-state index in [9.17, 15) is 14.4 Å². The lowest BCUT2D eigenvalue weighted by atomic mass is 10.0. The Hall–Kier alpha value is -3.97. The van der Waals surface area contributed by atoms with Crippen LogP contribution in [0.15, 0.2) is 88.5 Å². The van der Waals surface area contributed by atoms with E-state index in [1.165, 1.54) is 5.56 Å². The molecular weight excluding hydrogens is 428 g/mol. The van der Waals surface area contributed by atoms with Gasteiger partial charge in [-0.05, 0) is 48.7 Å². The van der Waals surface area contributed by atoms with Crippen LogP contribution in [-0.2, 0) is 6.54 Å². The smallest absolute Gasteiger partial charge is 0.333 e. The van der Waals surface area contributed by atoms with Gasteiger partial charge in [-0.25, -0.2) is 9.36 Å². The van der Waals surface area contributed by atoms with Gasteiger partial charge in [0.2, 0.25) is 0 Å². The molecule has 34 heavy (non-hydrogen) atoms. The second kappa shape index (κ2) is 9.49. The third-order valence-electron chi connectivity index (χ3n) is 6.35. The standard InChI is InChI=1S/C27H26N4O3/c32-25(28-21-13-15-30(16-14-21)18-19-7-3-1-4-8-19)20-11-12-23-24(17-20)29-27(34)31(26(23)33)22-9-5-2-6-10-22/h1-12,17,21H,13-16,18H2,(H,28,32)(H,29,34). The van der Waals surface area contributed by atoms with Crippen LogP contribution < -0.4 is 16.6 Å². The lowest BCUT2D eigenvalue weighted by Gasteiger charge is -2.32. The zero-order valence-corrected chi connectivity index (χ0v) is 18.7. The van der Waals surface area contributed by atoms with Gasteiger partial charge in [-0.2, -0.15) is 0 Å². The summed E-state index contributed by atoms with van der Waals surface area (Å²) in [4.78, 5) is 43.6. The van der Waals surface area contributed by atoms with Crippen molar-refractivity contribution < 1.29 is 4.79 Å². The van der Waals surface area contributed by atoms with Crippen LogP contribution in [0.25, 0.3) is 16.6 Å². The van der Waals surface area contributed by atoms with Gasteiger partial charge in [0.15, 0.2) is 0 Å². The highest BCUT2D eigenvalue weighted by Gasteiger charge is 2.21. The van der Waals surface area contributed by atoms with Gasteiger partial charge in [-0.3, -0.25) is 14.5 Å². The first kappa shape index (κ1) is 21.9. The van der Waals surface area contributed by atoms with Crippen molar-refractivity contribution >= 4 is 16.8 Å². The Labute approximate surface area is 196 Å². The first-order valence-corrected chi connectivity index (χ1v) is 11.5. The van der Waals surface area contributed by atoms with Crippen molar-refractivity contribution in [1.82, 2.24) is 19.8 Å². The lowest BCUT2D eigenvalue weighted by molar-refractivity contribution is 0.0909. The molecule has 1 fully saturated rings. The Morgan fingerprint density at radius 3 is 2.29 bits per heavy atom. The highest BCUT2D eigenvalue weighted by molar-refractivity contribution is 5.97. The molecule has 0 bridgehead atoms. The number of fused-ring (bicyclic) bond motifs is 1. The number of para-hydroxylation sites is 1. The highest BCUT2D eigenvalue weighted by Crippen LogP contribution is 2.16. The van der Waals surface area contributed by atoms with Gasteiger partial charge in [0.25, 0.3) is 11.5 Å². The topological polar surface area (TPSA) is 87.2 Å². The van der Waals surface area contributed by atoms with Crippen molar-refractivity contribution in [3.8, 4) is 5.69 Å². The molecule has 0 aliphatic carbocycles. The molecular formula is C27H26N4O3. The van der Waals surface area contributed by atoms with Crippen molar-refractivity contribution in [2.75, 3.05) is 13.1 Å². The average Bonchev–Trinajstić information content (AvgIpc) is 2.86. The molecule has 1 aromatic heterocycles. The number of aromatic nitrogens is 2. The molecule has 4 aromatic rings. The van der Waals surface area contributed by atoms with E-state index < -0.39 is 11.2 Å². The van der Waals surface area contributed by atoms with E-state index in [1.54, 1.807) is 42.5 Å². The number of nitrogens with one attached hydrogen (secondary N) is 2. The summed E-state index contributed by atoms with van der Waals surface area (Å²) in [6, 6.07) is 24.1.